The fourth-order valence-corrected chi connectivity index (χ4v) is 3.92. The van der Waals surface area contributed by atoms with Crippen molar-refractivity contribution >= 4 is 23.5 Å². The first-order valence-corrected chi connectivity index (χ1v) is 11.3. The van der Waals surface area contributed by atoms with Crippen LogP contribution in [0.25, 0.3) is 0 Å². The SMILES string of the molecule is Cc1cnc(NCc2ccc3c(n2)NCCC3)c(=O)n1CC(=O)N[C@@H](CC(=O)O)c1cccnc1. The number of anilines is 2. The van der Waals surface area contributed by atoms with Gasteiger partial charge in [-0.15, -0.1) is 0 Å². The minimum Gasteiger partial charge on any atom is -0.481 e. The average molecular weight is 478 g/mol. The van der Waals surface area contributed by atoms with Gasteiger partial charge in [0.05, 0.1) is 24.7 Å². The van der Waals surface area contributed by atoms with Gasteiger partial charge in [-0.25, -0.2) is 9.97 Å². The van der Waals surface area contributed by atoms with Crippen molar-refractivity contribution in [1.29, 1.82) is 0 Å². The molecule has 3 aromatic heterocycles. The molecule has 0 aliphatic carbocycles. The van der Waals surface area contributed by atoms with Gasteiger partial charge in [-0.3, -0.25) is 23.9 Å². The molecule has 4 rings (SSSR count). The van der Waals surface area contributed by atoms with E-state index in [9.17, 15) is 19.5 Å². The zero-order valence-corrected chi connectivity index (χ0v) is 19.3. The van der Waals surface area contributed by atoms with Crippen molar-refractivity contribution in [2.24, 2.45) is 0 Å². The summed E-state index contributed by atoms with van der Waals surface area (Å²) in [4.78, 5) is 49.9. The van der Waals surface area contributed by atoms with Gasteiger partial charge in [-0.2, -0.15) is 0 Å². The van der Waals surface area contributed by atoms with Crippen molar-refractivity contribution in [2.45, 2.75) is 45.3 Å². The first-order chi connectivity index (χ1) is 16.9. The Morgan fingerprint density at radius 3 is 2.89 bits per heavy atom. The van der Waals surface area contributed by atoms with E-state index in [2.05, 4.69) is 30.9 Å². The molecule has 1 aliphatic rings. The monoisotopic (exact) mass is 477 g/mol. The molecular weight excluding hydrogens is 450 g/mol. The summed E-state index contributed by atoms with van der Waals surface area (Å²) in [7, 11) is 0. The minimum absolute atomic E-state index is 0.102. The highest BCUT2D eigenvalue weighted by Gasteiger charge is 2.20. The fraction of sp³-hybridized carbons (Fsp3) is 0.333. The third-order valence-corrected chi connectivity index (χ3v) is 5.75. The molecule has 0 bridgehead atoms. The molecule has 11 heteroatoms. The van der Waals surface area contributed by atoms with E-state index in [0.717, 1.165) is 30.9 Å². The number of aromatic nitrogens is 4. The number of carbonyl (C=O) groups is 2. The third-order valence-electron chi connectivity index (χ3n) is 5.75. The molecule has 35 heavy (non-hydrogen) atoms. The molecule has 0 saturated heterocycles. The van der Waals surface area contributed by atoms with Crippen molar-refractivity contribution in [2.75, 3.05) is 17.2 Å². The molecule has 1 amide bonds. The smallest absolute Gasteiger partial charge is 0.305 e. The number of hydrogen-bond acceptors (Lipinski definition) is 8. The fourth-order valence-electron chi connectivity index (χ4n) is 3.92. The van der Waals surface area contributed by atoms with Crippen LogP contribution in [0.4, 0.5) is 11.6 Å². The Kier molecular flexibility index (Phi) is 7.34. The second kappa shape index (κ2) is 10.8. The highest BCUT2D eigenvalue weighted by molar-refractivity contribution is 5.77. The third kappa shape index (κ3) is 5.99. The quantitative estimate of drug-likeness (QED) is 0.360. The van der Waals surface area contributed by atoms with Gasteiger partial charge in [0.25, 0.3) is 5.56 Å². The minimum atomic E-state index is -1.06. The highest BCUT2D eigenvalue weighted by atomic mass is 16.4. The number of hydrogen-bond donors (Lipinski definition) is 4. The summed E-state index contributed by atoms with van der Waals surface area (Å²) in [6.07, 6.45) is 6.33. The van der Waals surface area contributed by atoms with Crippen molar-refractivity contribution in [3.63, 3.8) is 0 Å². The Morgan fingerprint density at radius 2 is 2.11 bits per heavy atom. The van der Waals surface area contributed by atoms with Crippen molar-refractivity contribution in [3.8, 4) is 0 Å². The van der Waals surface area contributed by atoms with E-state index in [1.807, 2.05) is 12.1 Å². The maximum atomic E-state index is 13.0. The predicted molar refractivity (Wildman–Crippen MR) is 129 cm³/mol. The van der Waals surface area contributed by atoms with Gasteiger partial charge in [0.1, 0.15) is 12.4 Å². The largest absolute Gasteiger partial charge is 0.481 e. The number of amides is 1. The Hall–Kier alpha value is -4.28. The van der Waals surface area contributed by atoms with E-state index in [0.29, 0.717) is 17.8 Å². The zero-order valence-electron chi connectivity index (χ0n) is 19.3. The molecule has 0 saturated carbocycles. The van der Waals surface area contributed by atoms with Crippen molar-refractivity contribution in [3.05, 3.63) is 75.7 Å². The Bertz CT molecular complexity index is 1280. The molecule has 0 fully saturated rings. The van der Waals surface area contributed by atoms with Gasteiger partial charge in [0.2, 0.25) is 5.91 Å². The summed E-state index contributed by atoms with van der Waals surface area (Å²) >= 11 is 0. The molecule has 1 atom stereocenters. The van der Waals surface area contributed by atoms with Crippen LogP contribution in [0.3, 0.4) is 0 Å². The van der Waals surface area contributed by atoms with Gasteiger partial charge in [0.15, 0.2) is 5.82 Å². The number of carbonyl (C=O) groups excluding carboxylic acids is 1. The van der Waals surface area contributed by atoms with Gasteiger partial charge in [-0.05, 0) is 43.0 Å². The summed E-state index contributed by atoms with van der Waals surface area (Å²) in [5.41, 5.74) is 2.55. The molecule has 0 radical (unpaired) electrons. The van der Waals surface area contributed by atoms with Crippen LogP contribution in [-0.4, -0.2) is 43.0 Å². The first kappa shape index (κ1) is 23.9. The van der Waals surface area contributed by atoms with E-state index in [1.165, 1.54) is 22.5 Å². The number of aryl methyl sites for hydroxylation is 2. The molecule has 11 nitrogen and oxygen atoms in total. The Balaban J connectivity index is 1.46. The second-order valence-corrected chi connectivity index (χ2v) is 8.34. The van der Waals surface area contributed by atoms with Gasteiger partial charge in [0, 0.05) is 30.8 Å². The van der Waals surface area contributed by atoms with Crippen LogP contribution in [0.2, 0.25) is 0 Å². The van der Waals surface area contributed by atoms with Crippen LogP contribution in [0.1, 0.15) is 41.4 Å². The zero-order chi connectivity index (χ0) is 24.8. The number of pyridine rings is 2. The van der Waals surface area contributed by atoms with Crippen LogP contribution in [0.15, 0.2) is 47.7 Å². The number of nitrogens with one attached hydrogen (secondary N) is 3. The van der Waals surface area contributed by atoms with E-state index >= 15 is 0 Å². The number of carboxylic acid groups (broad SMARTS) is 1. The standard InChI is InChI=1S/C24H27N7O4/c1-15-11-27-23(28-13-18-7-6-16-4-3-9-26-22(16)29-18)24(35)31(15)14-20(32)30-19(10-21(33)34)17-5-2-8-25-12-17/h2,5-8,11-12,19H,3-4,9-10,13-14H2,1H3,(H,26,29)(H,27,28)(H,30,32)(H,33,34)/t19-/m0/s1. The number of nitrogens with zero attached hydrogens (tertiary/aromatic N) is 4. The number of aliphatic carboxylic acids is 1. The summed E-state index contributed by atoms with van der Waals surface area (Å²) < 4.78 is 1.30. The first-order valence-electron chi connectivity index (χ1n) is 11.3. The summed E-state index contributed by atoms with van der Waals surface area (Å²) in [6.45, 7) is 2.59. The van der Waals surface area contributed by atoms with E-state index in [1.54, 1.807) is 25.3 Å². The molecule has 182 valence electrons. The lowest BCUT2D eigenvalue weighted by atomic mass is 10.1. The van der Waals surface area contributed by atoms with Crippen LogP contribution in [-0.2, 0) is 29.1 Å². The molecule has 1 aliphatic heterocycles. The van der Waals surface area contributed by atoms with Crippen molar-refractivity contribution < 1.29 is 14.7 Å². The summed E-state index contributed by atoms with van der Waals surface area (Å²) in [5, 5.41) is 18.2. The van der Waals surface area contributed by atoms with Crippen LogP contribution in [0, 0.1) is 6.92 Å². The molecule has 3 aromatic rings. The Labute approximate surface area is 201 Å². The lowest BCUT2D eigenvalue weighted by molar-refractivity contribution is -0.137. The lowest BCUT2D eigenvalue weighted by Crippen LogP contribution is -2.37. The highest BCUT2D eigenvalue weighted by Crippen LogP contribution is 2.20. The Morgan fingerprint density at radius 1 is 1.26 bits per heavy atom. The van der Waals surface area contributed by atoms with Gasteiger partial charge in [-0.1, -0.05) is 12.1 Å². The number of carboxylic acids is 1. The summed E-state index contributed by atoms with van der Waals surface area (Å²) in [5.74, 6) is -0.588. The lowest BCUT2D eigenvalue weighted by Gasteiger charge is -2.19. The molecular formula is C24H27N7O4. The second-order valence-electron chi connectivity index (χ2n) is 8.34. The summed E-state index contributed by atoms with van der Waals surface area (Å²) in [6, 6.07) is 6.54. The maximum Gasteiger partial charge on any atom is 0.305 e. The molecule has 0 spiro atoms. The number of rotatable bonds is 9. The maximum absolute atomic E-state index is 13.0. The van der Waals surface area contributed by atoms with Crippen LogP contribution < -0.4 is 21.5 Å². The molecule has 0 aromatic carbocycles. The van der Waals surface area contributed by atoms with E-state index < -0.39 is 23.5 Å². The molecule has 0 unspecified atom stereocenters. The average Bonchev–Trinajstić information content (AvgIpc) is 2.86. The van der Waals surface area contributed by atoms with Gasteiger partial charge >= 0.3 is 5.97 Å². The topological polar surface area (TPSA) is 151 Å². The number of fused-ring (bicyclic) bond motifs is 1. The normalized spacial score (nSPS) is 13.3. The van der Waals surface area contributed by atoms with Crippen LogP contribution >= 0.6 is 0 Å². The predicted octanol–water partition coefficient (Wildman–Crippen LogP) is 1.64. The van der Waals surface area contributed by atoms with Crippen LogP contribution in [0.5, 0.6) is 0 Å². The van der Waals surface area contributed by atoms with Crippen molar-refractivity contribution in [1.82, 2.24) is 24.8 Å². The molecule has 4 N–H and O–H groups in total. The molecule has 4 heterocycles. The van der Waals surface area contributed by atoms with E-state index in [4.69, 9.17) is 0 Å². The van der Waals surface area contributed by atoms with Gasteiger partial charge < -0.3 is 21.1 Å². The van der Waals surface area contributed by atoms with E-state index in [-0.39, 0.29) is 18.8 Å².